The van der Waals surface area contributed by atoms with Crippen LogP contribution in [-0.4, -0.2) is 31.3 Å². The summed E-state index contributed by atoms with van der Waals surface area (Å²) in [6.07, 6.45) is 3.13. The van der Waals surface area contributed by atoms with Crippen molar-refractivity contribution >= 4 is 29.0 Å². The van der Waals surface area contributed by atoms with Crippen LogP contribution >= 0.6 is 11.8 Å². The van der Waals surface area contributed by atoms with Gasteiger partial charge in [0.15, 0.2) is 5.16 Å². The number of aromatic nitrogens is 3. The molecule has 1 aromatic carbocycles. The highest BCUT2D eigenvalue weighted by Gasteiger charge is 2.20. The predicted octanol–water partition coefficient (Wildman–Crippen LogP) is 3.18. The lowest BCUT2D eigenvalue weighted by atomic mass is 10.1. The molecule has 0 radical (unpaired) electrons. The number of nitrogens with one attached hydrogen (secondary N) is 1. The standard InChI is InChI=1S/C17H17N5O4S/c1-11-5-6-14(22(24)25)16(12(11)2)19-15(23)9-27-17-20-18-10-21(17)8-13-4-3-7-26-13/h3-7,10H,8-9H2,1-2H3,(H,19,23). The molecule has 2 aromatic heterocycles. The normalized spacial score (nSPS) is 10.7. The van der Waals surface area contributed by atoms with Crippen molar-refractivity contribution in [2.45, 2.75) is 25.5 Å². The van der Waals surface area contributed by atoms with Crippen molar-refractivity contribution in [2.75, 3.05) is 11.1 Å². The van der Waals surface area contributed by atoms with Gasteiger partial charge in [0.05, 0.1) is 23.5 Å². The van der Waals surface area contributed by atoms with Crippen LogP contribution in [0, 0.1) is 24.0 Å². The number of furan rings is 1. The van der Waals surface area contributed by atoms with Crippen LogP contribution in [0.2, 0.25) is 0 Å². The van der Waals surface area contributed by atoms with Gasteiger partial charge in [0, 0.05) is 6.07 Å². The second-order valence-electron chi connectivity index (χ2n) is 5.82. The molecule has 1 amide bonds. The molecule has 0 spiro atoms. The lowest BCUT2D eigenvalue weighted by Crippen LogP contribution is -2.17. The Labute approximate surface area is 158 Å². The fourth-order valence-corrected chi connectivity index (χ4v) is 3.17. The van der Waals surface area contributed by atoms with Gasteiger partial charge in [-0.15, -0.1) is 10.2 Å². The molecule has 27 heavy (non-hydrogen) atoms. The minimum atomic E-state index is -0.505. The molecule has 3 rings (SSSR count). The third-order valence-corrected chi connectivity index (χ3v) is 4.97. The summed E-state index contributed by atoms with van der Waals surface area (Å²) < 4.78 is 7.06. The smallest absolute Gasteiger partial charge is 0.293 e. The number of hydrogen-bond donors (Lipinski definition) is 1. The highest BCUT2D eigenvalue weighted by atomic mass is 32.2. The van der Waals surface area contributed by atoms with Crippen LogP contribution in [0.5, 0.6) is 0 Å². The number of nitro groups is 1. The maximum Gasteiger partial charge on any atom is 0.293 e. The van der Waals surface area contributed by atoms with E-state index in [9.17, 15) is 14.9 Å². The number of benzene rings is 1. The van der Waals surface area contributed by atoms with E-state index < -0.39 is 4.92 Å². The molecule has 2 heterocycles. The third-order valence-electron chi connectivity index (χ3n) is 3.99. The number of rotatable bonds is 7. The van der Waals surface area contributed by atoms with Crippen molar-refractivity contribution < 1.29 is 14.1 Å². The zero-order valence-corrected chi connectivity index (χ0v) is 15.5. The van der Waals surface area contributed by atoms with Crippen molar-refractivity contribution in [3.63, 3.8) is 0 Å². The van der Waals surface area contributed by atoms with Gasteiger partial charge in [-0.05, 0) is 37.1 Å². The van der Waals surface area contributed by atoms with Crippen LogP contribution in [0.15, 0.2) is 46.4 Å². The molecule has 9 nitrogen and oxygen atoms in total. The molecule has 0 unspecified atom stereocenters. The van der Waals surface area contributed by atoms with E-state index >= 15 is 0 Å². The highest BCUT2D eigenvalue weighted by molar-refractivity contribution is 7.99. The minimum absolute atomic E-state index is 0.0430. The number of nitrogens with zero attached hydrogens (tertiary/aromatic N) is 4. The van der Waals surface area contributed by atoms with Crippen LogP contribution in [0.4, 0.5) is 11.4 Å². The van der Waals surface area contributed by atoms with Crippen molar-refractivity contribution in [3.05, 3.63) is 63.9 Å². The summed E-state index contributed by atoms with van der Waals surface area (Å²) in [5.41, 5.74) is 1.63. The van der Waals surface area contributed by atoms with Gasteiger partial charge in [0.2, 0.25) is 5.91 Å². The van der Waals surface area contributed by atoms with Crippen LogP contribution in [0.25, 0.3) is 0 Å². The Bertz CT molecular complexity index is 968. The number of carbonyl (C=O) groups is 1. The molecule has 10 heteroatoms. The van der Waals surface area contributed by atoms with E-state index in [-0.39, 0.29) is 23.0 Å². The van der Waals surface area contributed by atoms with Crippen molar-refractivity contribution in [2.24, 2.45) is 0 Å². The second-order valence-corrected chi connectivity index (χ2v) is 6.76. The number of amides is 1. The molecule has 1 N–H and O–H groups in total. The quantitative estimate of drug-likeness (QED) is 0.376. The highest BCUT2D eigenvalue weighted by Crippen LogP contribution is 2.30. The molecule has 0 atom stereocenters. The molecule has 3 aromatic rings. The van der Waals surface area contributed by atoms with Gasteiger partial charge in [-0.1, -0.05) is 17.8 Å². The van der Waals surface area contributed by atoms with E-state index in [0.29, 0.717) is 17.3 Å². The molecular weight excluding hydrogens is 370 g/mol. The monoisotopic (exact) mass is 387 g/mol. The van der Waals surface area contributed by atoms with E-state index in [0.717, 1.165) is 11.3 Å². The zero-order valence-electron chi connectivity index (χ0n) is 14.7. The zero-order chi connectivity index (χ0) is 19.4. The number of anilines is 1. The van der Waals surface area contributed by atoms with E-state index in [1.165, 1.54) is 17.8 Å². The van der Waals surface area contributed by atoms with Crippen LogP contribution < -0.4 is 5.32 Å². The van der Waals surface area contributed by atoms with Crippen molar-refractivity contribution in [3.8, 4) is 0 Å². The SMILES string of the molecule is Cc1ccc([N+](=O)[O-])c(NC(=O)CSc2nncn2Cc2ccco2)c1C. The fraction of sp³-hybridized carbons (Fsp3) is 0.235. The Morgan fingerprint density at radius 2 is 2.19 bits per heavy atom. The predicted molar refractivity (Wildman–Crippen MR) is 99.8 cm³/mol. The van der Waals surface area contributed by atoms with Gasteiger partial charge in [0.1, 0.15) is 17.8 Å². The molecule has 0 aliphatic rings. The number of nitro benzene ring substituents is 1. The van der Waals surface area contributed by atoms with Crippen LogP contribution in [-0.2, 0) is 11.3 Å². The van der Waals surface area contributed by atoms with Crippen molar-refractivity contribution in [1.82, 2.24) is 14.8 Å². The van der Waals surface area contributed by atoms with Gasteiger partial charge in [-0.3, -0.25) is 14.9 Å². The first-order valence-corrected chi connectivity index (χ1v) is 9.01. The summed E-state index contributed by atoms with van der Waals surface area (Å²) in [5, 5.41) is 22.3. The molecule has 140 valence electrons. The molecule has 0 aliphatic heterocycles. The lowest BCUT2D eigenvalue weighted by molar-refractivity contribution is -0.384. The average molecular weight is 387 g/mol. The first-order valence-electron chi connectivity index (χ1n) is 8.03. The molecular formula is C17H17N5O4S. The maximum atomic E-state index is 12.3. The van der Waals surface area contributed by atoms with Gasteiger partial charge in [-0.25, -0.2) is 0 Å². The summed E-state index contributed by atoms with van der Waals surface area (Å²) in [5.74, 6) is 0.429. The Balaban J connectivity index is 1.67. The van der Waals surface area contributed by atoms with Gasteiger partial charge in [0.25, 0.3) is 5.69 Å². The fourth-order valence-electron chi connectivity index (χ4n) is 2.45. The number of hydrogen-bond acceptors (Lipinski definition) is 7. The van der Waals surface area contributed by atoms with E-state index in [4.69, 9.17) is 4.42 Å². The molecule has 0 fully saturated rings. The Morgan fingerprint density at radius 1 is 1.37 bits per heavy atom. The van der Waals surface area contributed by atoms with E-state index in [1.807, 2.05) is 13.0 Å². The third kappa shape index (κ3) is 4.34. The van der Waals surface area contributed by atoms with Crippen molar-refractivity contribution in [1.29, 1.82) is 0 Å². The van der Waals surface area contributed by atoms with Crippen LogP contribution in [0.3, 0.4) is 0 Å². The summed E-state index contributed by atoms with van der Waals surface area (Å²) in [6, 6.07) is 6.68. The topological polar surface area (TPSA) is 116 Å². The largest absolute Gasteiger partial charge is 0.467 e. The first-order chi connectivity index (χ1) is 13.0. The average Bonchev–Trinajstić information content (AvgIpc) is 3.29. The van der Waals surface area contributed by atoms with E-state index in [1.54, 1.807) is 36.2 Å². The summed E-state index contributed by atoms with van der Waals surface area (Å²) in [7, 11) is 0. The summed E-state index contributed by atoms with van der Waals surface area (Å²) in [6.45, 7) is 4.03. The number of carbonyl (C=O) groups excluding carboxylic acids is 1. The van der Waals surface area contributed by atoms with Crippen LogP contribution in [0.1, 0.15) is 16.9 Å². The molecule has 0 bridgehead atoms. The van der Waals surface area contributed by atoms with E-state index in [2.05, 4.69) is 15.5 Å². The summed E-state index contributed by atoms with van der Waals surface area (Å²) in [4.78, 5) is 23.1. The van der Waals surface area contributed by atoms with Gasteiger partial charge in [-0.2, -0.15) is 0 Å². The minimum Gasteiger partial charge on any atom is -0.467 e. The molecule has 0 saturated carbocycles. The first kappa shape index (κ1) is 18.6. The summed E-state index contributed by atoms with van der Waals surface area (Å²) >= 11 is 1.19. The lowest BCUT2D eigenvalue weighted by Gasteiger charge is -2.11. The Kier molecular flexibility index (Phi) is 5.55. The molecule has 0 saturated heterocycles. The maximum absolute atomic E-state index is 12.3. The molecule has 0 aliphatic carbocycles. The Hall–Kier alpha value is -3.14. The van der Waals surface area contributed by atoms with Gasteiger partial charge < -0.3 is 14.3 Å². The number of thioether (sulfide) groups is 1. The number of aryl methyl sites for hydroxylation is 1. The Morgan fingerprint density at radius 3 is 2.89 bits per heavy atom. The van der Waals surface area contributed by atoms with Gasteiger partial charge >= 0.3 is 0 Å². The second kappa shape index (κ2) is 8.04.